The first-order valence-corrected chi connectivity index (χ1v) is 7.66. The Morgan fingerprint density at radius 1 is 1.48 bits per heavy atom. The lowest BCUT2D eigenvalue weighted by Crippen LogP contribution is -2.15. The van der Waals surface area contributed by atoms with E-state index in [0.717, 1.165) is 11.8 Å². The summed E-state index contributed by atoms with van der Waals surface area (Å²) in [6, 6.07) is 5.32. The Hall–Kier alpha value is -2.39. The summed E-state index contributed by atoms with van der Waals surface area (Å²) in [5.74, 6) is -0.404. The summed E-state index contributed by atoms with van der Waals surface area (Å²) in [4.78, 5) is 39.9. The molecule has 2 rings (SSSR count). The molecular weight excluding hydrogens is 344 g/mol. The number of nitrogens with one attached hydrogen (secondary N) is 2. The number of aromatic amines is 1. The van der Waals surface area contributed by atoms with Crippen LogP contribution in [0.5, 0.6) is 0 Å². The molecular formula is C13H11ClN4O4S. The molecule has 10 heteroatoms. The van der Waals surface area contributed by atoms with E-state index in [0.29, 0.717) is 10.9 Å². The van der Waals surface area contributed by atoms with Crippen molar-refractivity contribution >= 4 is 40.6 Å². The minimum absolute atomic E-state index is 0.0103. The largest absolute Gasteiger partial charge is 0.325 e. The van der Waals surface area contributed by atoms with E-state index in [2.05, 4.69) is 15.3 Å². The molecule has 0 aliphatic rings. The van der Waals surface area contributed by atoms with E-state index in [1.165, 1.54) is 24.3 Å². The molecule has 1 aromatic heterocycles. The molecule has 0 radical (unpaired) electrons. The lowest BCUT2D eigenvalue weighted by molar-refractivity contribution is -0.384. The van der Waals surface area contributed by atoms with Gasteiger partial charge in [0.25, 0.3) is 11.2 Å². The average Bonchev–Trinajstić information content (AvgIpc) is 2.46. The quantitative estimate of drug-likeness (QED) is 0.368. The van der Waals surface area contributed by atoms with Crippen molar-refractivity contribution in [3.05, 3.63) is 55.5 Å². The van der Waals surface area contributed by atoms with Crippen LogP contribution in [0.4, 0.5) is 11.4 Å². The van der Waals surface area contributed by atoms with Gasteiger partial charge in [-0.1, -0.05) is 23.4 Å². The van der Waals surface area contributed by atoms with Crippen LogP contribution >= 0.6 is 23.4 Å². The van der Waals surface area contributed by atoms with Crippen LogP contribution in [0, 0.1) is 17.0 Å². The van der Waals surface area contributed by atoms with Gasteiger partial charge in [0.1, 0.15) is 5.02 Å². The van der Waals surface area contributed by atoms with Crippen LogP contribution in [0.25, 0.3) is 0 Å². The number of aryl methyl sites for hydroxylation is 1. The number of hydrogen-bond donors (Lipinski definition) is 2. The van der Waals surface area contributed by atoms with Crippen molar-refractivity contribution in [3.63, 3.8) is 0 Å². The maximum absolute atomic E-state index is 11.9. The van der Waals surface area contributed by atoms with Crippen LogP contribution in [0.2, 0.25) is 5.02 Å². The van der Waals surface area contributed by atoms with Gasteiger partial charge in [0.05, 0.1) is 10.7 Å². The van der Waals surface area contributed by atoms with Gasteiger partial charge in [-0.15, -0.1) is 0 Å². The smallest absolute Gasteiger partial charge is 0.289 e. The van der Waals surface area contributed by atoms with Crippen molar-refractivity contribution in [2.75, 3.05) is 11.1 Å². The van der Waals surface area contributed by atoms with Crippen molar-refractivity contribution in [1.29, 1.82) is 0 Å². The zero-order valence-electron chi connectivity index (χ0n) is 11.8. The number of aromatic nitrogens is 2. The van der Waals surface area contributed by atoms with Crippen molar-refractivity contribution in [2.45, 2.75) is 12.1 Å². The predicted octanol–water partition coefficient (Wildman–Crippen LogP) is 2.37. The van der Waals surface area contributed by atoms with Crippen molar-refractivity contribution in [2.24, 2.45) is 0 Å². The number of H-pyrrole nitrogens is 1. The number of carbonyl (C=O) groups is 1. The highest BCUT2D eigenvalue weighted by Gasteiger charge is 2.14. The number of thioether (sulfide) groups is 1. The number of rotatable bonds is 5. The Labute approximate surface area is 139 Å². The van der Waals surface area contributed by atoms with Gasteiger partial charge in [-0.2, -0.15) is 0 Å². The number of nitrogens with zero attached hydrogens (tertiary/aromatic N) is 2. The van der Waals surface area contributed by atoms with Gasteiger partial charge in [0.2, 0.25) is 5.91 Å². The Morgan fingerprint density at radius 2 is 2.22 bits per heavy atom. The third-order valence-corrected chi connectivity index (χ3v) is 3.81. The molecule has 1 heterocycles. The number of nitro groups is 1. The van der Waals surface area contributed by atoms with Gasteiger partial charge < -0.3 is 10.3 Å². The summed E-state index contributed by atoms with van der Waals surface area (Å²) in [5, 5.41) is 13.6. The van der Waals surface area contributed by atoms with E-state index in [1.807, 2.05) is 0 Å². The monoisotopic (exact) mass is 354 g/mol. The molecule has 1 aromatic carbocycles. The molecule has 2 N–H and O–H groups in total. The van der Waals surface area contributed by atoms with Crippen molar-refractivity contribution < 1.29 is 9.72 Å². The number of anilines is 1. The molecule has 0 atom stereocenters. The molecule has 0 saturated heterocycles. The molecule has 1 amide bonds. The third kappa shape index (κ3) is 4.80. The second-order valence-corrected chi connectivity index (χ2v) is 5.82. The molecule has 0 bridgehead atoms. The van der Waals surface area contributed by atoms with Crippen LogP contribution in [0.1, 0.15) is 5.69 Å². The van der Waals surface area contributed by atoms with Crippen molar-refractivity contribution in [3.8, 4) is 0 Å². The normalized spacial score (nSPS) is 10.3. The SMILES string of the molecule is Cc1cc(=O)[nH]c(SCC(=O)Nc2ccc(Cl)c([N+](=O)[O-])c2)n1. The molecule has 8 nitrogen and oxygen atoms in total. The fourth-order valence-electron chi connectivity index (χ4n) is 1.68. The highest BCUT2D eigenvalue weighted by molar-refractivity contribution is 7.99. The van der Waals surface area contributed by atoms with Crippen LogP contribution in [-0.2, 0) is 4.79 Å². The summed E-state index contributed by atoms with van der Waals surface area (Å²) in [6.07, 6.45) is 0. The third-order valence-electron chi connectivity index (χ3n) is 2.61. The lowest BCUT2D eigenvalue weighted by atomic mass is 10.3. The van der Waals surface area contributed by atoms with Crippen LogP contribution < -0.4 is 10.9 Å². The second kappa shape index (κ2) is 7.25. The van der Waals surface area contributed by atoms with E-state index >= 15 is 0 Å². The first kappa shape index (κ1) is 17.0. The van der Waals surface area contributed by atoms with Gasteiger partial charge >= 0.3 is 0 Å². The summed E-state index contributed by atoms with van der Waals surface area (Å²) in [6.45, 7) is 1.67. The number of carbonyl (C=O) groups excluding carboxylic acids is 1. The standard InChI is InChI=1S/C13H11ClN4O4S/c1-7-4-11(19)17-13(15-7)23-6-12(20)16-8-2-3-9(14)10(5-8)18(21)22/h2-5H,6H2,1H3,(H,16,20)(H,15,17,19). The Kier molecular flexibility index (Phi) is 5.35. The maximum Gasteiger partial charge on any atom is 0.289 e. The van der Waals surface area contributed by atoms with Crippen LogP contribution in [0.15, 0.2) is 34.2 Å². The Morgan fingerprint density at radius 3 is 2.87 bits per heavy atom. The summed E-state index contributed by atoms with van der Waals surface area (Å²) >= 11 is 6.75. The molecule has 0 unspecified atom stereocenters. The van der Waals surface area contributed by atoms with E-state index < -0.39 is 10.8 Å². The second-order valence-electron chi connectivity index (χ2n) is 4.45. The number of hydrogen-bond acceptors (Lipinski definition) is 6. The summed E-state index contributed by atoms with van der Waals surface area (Å²) in [5.41, 5.74) is 0.220. The predicted molar refractivity (Wildman–Crippen MR) is 87.1 cm³/mol. The van der Waals surface area contributed by atoms with Crippen LogP contribution in [-0.4, -0.2) is 26.6 Å². The van der Waals surface area contributed by atoms with E-state index in [4.69, 9.17) is 11.6 Å². The highest BCUT2D eigenvalue weighted by atomic mass is 35.5. The zero-order chi connectivity index (χ0) is 17.0. The minimum Gasteiger partial charge on any atom is -0.325 e. The molecule has 0 saturated carbocycles. The van der Waals surface area contributed by atoms with E-state index in [9.17, 15) is 19.7 Å². The van der Waals surface area contributed by atoms with Gasteiger partial charge in [-0.25, -0.2) is 4.98 Å². The Bertz CT molecular complexity index is 824. The average molecular weight is 355 g/mol. The maximum atomic E-state index is 11.9. The molecule has 23 heavy (non-hydrogen) atoms. The van der Waals surface area contributed by atoms with Crippen LogP contribution in [0.3, 0.4) is 0 Å². The molecule has 0 spiro atoms. The highest BCUT2D eigenvalue weighted by Crippen LogP contribution is 2.27. The zero-order valence-corrected chi connectivity index (χ0v) is 13.4. The minimum atomic E-state index is -0.631. The molecule has 0 aliphatic heterocycles. The van der Waals surface area contributed by atoms with E-state index in [-0.39, 0.29) is 27.7 Å². The molecule has 0 aliphatic carbocycles. The van der Waals surface area contributed by atoms with E-state index in [1.54, 1.807) is 6.92 Å². The number of halogens is 1. The lowest BCUT2D eigenvalue weighted by Gasteiger charge is -2.05. The molecule has 2 aromatic rings. The van der Waals surface area contributed by atoms with Crippen molar-refractivity contribution in [1.82, 2.24) is 9.97 Å². The summed E-state index contributed by atoms with van der Waals surface area (Å²) in [7, 11) is 0. The number of benzene rings is 1. The number of amides is 1. The van der Waals surface area contributed by atoms with Gasteiger partial charge in [0.15, 0.2) is 5.16 Å². The fraction of sp³-hybridized carbons (Fsp3) is 0.154. The Balaban J connectivity index is 2.01. The van der Waals surface area contributed by atoms with Gasteiger partial charge in [-0.05, 0) is 19.1 Å². The fourth-order valence-corrected chi connectivity index (χ4v) is 2.59. The topological polar surface area (TPSA) is 118 Å². The number of nitro benzene ring substituents is 1. The van der Waals surface area contributed by atoms with Gasteiger partial charge in [0, 0.05) is 23.5 Å². The molecule has 120 valence electrons. The molecule has 0 fully saturated rings. The van der Waals surface area contributed by atoms with Gasteiger partial charge in [-0.3, -0.25) is 19.7 Å². The first-order valence-electron chi connectivity index (χ1n) is 6.29. The summed E-state index contributed by atoms with van der Waals surface area (Å²) < 4.78 is 0. The first-order chi connectivity index (χ1) is 10.8.